The number of hydrogen-bond donors (Lipinski definition) is 2. The van der Waals surface area contributed by atoms with Crippen LogP contribution in [0.4, 0.5) is 4.79 Å². The minimum atomic E-state index is -0.559. The van der Waals surface area contributed by atoms with Crippen LogP contribution in [0.3, 0.4) is 0 Å². The SMILES string of the molecule is CC(C)n1c(-c2cnn(CCNC(=O)OC(C)(C)C)c2)nn2c(-c3cnc[nH]3)cnc2c1=O. The molecule has 174 valence electrons. The van der Waals surface area contributed by atoms with Crippen LogP contribution < -0.4 is 10.9 Å². The number of aromatic amines is 1. The molecule has 4 aromatic heterocycles. The van der Waals surface area contributed by atoms with Gasteiger partial charge in [0.2, 0.25) is 5.65 Å². The van der Waals surface area contributed by atoms with Crippen molar-refractivity contribution in [2.45, 2.75) is 52.8 Å². The standard InChI is InChI=1S/C21H27N9O3/c1-13(2)29-17(14-8-26-28(11-14)7-6-23-20(32)33-21(3,4)5)27-30-16(15-9-22-12-25-15)10-24-18(30)19(29)31/h8-13H,6-7H2,1-5H3,(H,22,25)(H,23,32). The van der Waals surface area contributed by atoms with Gasteiger partial charge in [0.25, 0.3) is 5.56 Å². The van der Waals surface area contributed by atoms with E-state index in [1.165, 1.54) is 4.52 Å². The van der Waals surface area contributed by atoms with Crippen LogP contribution in [-0.2, 0) is 11.3 Å². The number of ether oxygens (including phenoxy) is 1. The first-order valence-corrected chi connectivity index (χ1v) is 10.6. The predicted octanol–water partition coefficient (Wildman–Crippen LogP) is 2.25. The van der Waals surface area contributed by atoms with Gasteiger partial charge in [0.05, 0.1) is 42.7 Å². The van der Waals surface area contributed by atoms with Crippen LogP contribution in [0.15, 0.2) is 35.9 Å². The van der Waals surface area contributed by atoms with E-state index in [-0.39, 0.29) is 17.2 Å². The van der Waals surface area contributed by atoms with Crippen molar-refractivity contribution in [2.24, 2.45) is 0 Å². The number of imidazole rings is 2. The molecule has 0 saturated carbocycles. The Labute approximate surface area is 189 Å². The molecular formula is C21H27N9O3. The Bertz CT molecular complexity index is 1320. The molecule has 0 unspecified atom stereocenters. The fourth-order valence-corrected chi connectivity index (χ4v) is 3.38. The normalized spacial score (nSPS) is 11.9. The molecule has 0 atom stereocenters. The molecule has 0 bridgehead atoms. The number of fused-ring (bicyclic) bond motifs is 1. The molecule has 0 radical (unpaired) electrons. The molecule has 12 nitrogen and oxygen atoms in total. The number of nitrogens with one attached hydrogen (secondary N) is 2. The summed E-state index contributed by atoms with van der Waals surface area (Å²) < 4.78 is 10.0. The van der Waals surface area contributed by atoms with Crippen LogP contribution in [0.25, 0.3) is 28.4 Å². The molecule has 33 heavy (non-hydrogen) atoms. The lowest BCUT2D eigenvalue weighted by atomic mass is 10.2. The van der Waals surface area contributed by atoms with E-state index < -0.39 is 11.7 Å². The van der Waals surface area contributed by atoms with Gasteiger partial charge >= 0.3 is 6.09 Å². The molecule has 0 saturated heterocycles. The number of rotatable bonds is 6. The second kappa shape index (κ2) is 8.52. The zero-order valence-electron chi connectivity index (χ0n) is 19.2. The van der Waals surface area contributed by atoms with Crippen molar-refractivity contribution in [2.75, 3.05) is 6.54 Å². The number of amides is 1. The molecule has 12 heteroatoms. The van der Waals surface area contributed by atoms with E-state index in [1.54, 1.807) is 40.4 Å². The third-order valence-corrected chi connectivity index (χ3v) is 4.76. The average Bonchev–Trinajstić information content (AvgIpc) is 3.46. The lowest BCUT2D eigenvalue weighted by Gasteiger charge is -2.19. The summed E-state index contributed by atoms with van der Waals surface area (Å²) in [5.41, 5.74) is 1.42. The Morgan fingerprint density at radius 1 is 1.24 bits per heavy atom. The molecule has 4 aromatic rings. The molecule has 4 rings (SSSR count). The van der Waals surface area contributed by atoms with Crippen LogP contribution in [0, 0.1) is 0 Å². The van der Waals surface area contributed by atoms with Crippen molar-refractivity contribution < 1.29 is 9.53 Å². The Balaban J connectivity index is 1.63. The monoisotopic (exact) mass is 453 g/mol. The Hall–Kier alpha value is -3.96. The van der Waals surface area contributed by atoms with Gasteiger partial charge in [-0.25, -0.2) is 19.3 Å². The molecule has 0 fully saturated rings. The zero-order valence-corrected chi connectivity index (χ0v) is 19.2. The van der Waals surface area contributed by atoms with E-state index in [9.17, 15) is 9.59 Å². The summed E-state index contributed by atoms with van der Waals surface area (Å²) in [6, 6.07) is -0.144. The lowest BCUT2D eigenvalue weighted by Crippen LogP contribution is -2.34. The number of aromatic nitrogens is 8. The van der Waals surface area contributed by atoms with Crippen molar-refractivity contribution >= 4 is 11.7 Å². The van der Waals surface area contributed by atoms with Crippen molar-refractivity contribution in [1.82, 2.24) is 44.2 Å². The molecule has 0 aliphatic carbocycles. The van der Waals surface area contributed by atoms with Gasteiger partial charge in [-0.15, -0.1) is 5.10 Å². The molecule has 0 spiro atoms. The van der Waals surface area contributed by atoms with Crippen LogP contribution in [0.1, 0.15) is 40.7 Å². The van der Waals surface area contributed by atoms with Gasteiger partial charge in [-0.05, 0) is 34.6 Å². The Morgan fingerprint density at radius 3 is 2.70 bits per heavy atom. The zero-order chi connectivity index (χ0) is 23.8. The summed E-state index contributed by atoms with van der Waals surface area (Å²) in [5, 5.41) is 11.8. The molecule has 0 aliphatic heterocycles. The molecule has 1 amide bonds. The molecule has 0 aromatic carbocycles. The van der Waals surface area contributed by atoms with E-state index in [2.05, 4.69) is 25.4 Å². The molecular weight excluding hydrogens is 426 g/mol. The number of carbonyl (C=O) groups is 1. The van der Waals surface area contributed by atoms with E-state index in [0.717, 1.165) is 0 Å². The van der Waals surface area contributed by atoms with E-state index >= 15 is 0 Å². The largest absolute Gasteiger partial charge is 0.444 e. The maximum absolute atomic E-state index is 13.2. The minimum Gasteiger partial charge on any atom is -0.444 e. The lowest BCUT2D eigenvalue weighted by molar-refractivity contribution is 0.0525. The second-order valence-corrected chi connectivity index (χ2v) is 8.86. The highest BCUT2D eigenvalue weighted by molar-refractivity contribution is 5.67. The summed E-state index contributed by atoms with van der Waals surface area (Å²) in [5.74, 6) is 0.465. The van der Waals surface area contributed by atoms with Crippen LogP contribution >= 0.6 is 0 Å². The molecule has 4 heterocycles. The highest BCUT2D eigenvalue weighted by Gasteiger charge is 2.20. The number of hydrogen-bond acceptors (Lipinski definition) is 7. The van der Waals surface area contributed by atoms with Gasteiger partial charge in [0.1, 0.15) is 11.3 Å². The van der Waals surface area contributed by atoms with Gasteiger partial charge in [0.15, 0.2) is 5.82 Å². The predicted molar refractivity (Wildman–Crippen MR) is 121 cm³/mol. The van der Waals surface area contributed by atoms with Gasteiger partial charge < -0.3 is 15.0 Å². The van der Waals surface area contributed by atoms with Crippen molar-refractivity contribution in [3.8, 4) is 22.8 Å². The maximum Gasteiger partial charge on any atom is 0.407 e. The van der Waals surface area contributed by atoms with Crippen molar-refractivity contribution in [3.63, 3.8) is 0 Å². The first kappa shape index (κ1) is 22.2. The third kappa shape index (κ3) is 4.64. The van der Waals surface area contributed by atoms with Crippen LogP contribution in [0.2, 0.25) is 0 Å². The number of nitrogens with zero attached hydrogens (tertiary/aromatic N) is 7. The van der Waals surface area contributed by atoms with Crippen LogP contribution in [0.5, 0.6) is 0 Å². The summed E-state index contributed by atoms with van der Waals surface area (Å²) in [4.78, 5) is 36.4. The average molecular weight is 454 g/mol. The summed E-state index contributed by atoms with van der Waals surface area (Å²) in [7, 11) is 0. The van der Waals surface area contributed by atoms with E-state index in [4.69, 9.17) is 9.84 Å². The van der Waals surface area contributed by atoms with Gasteiger partial charge in [-0.1, -0.05) is 0 Å². The highest BCUT2D eigenvalue weighted by atomic mass is 16.6. The summed E-state index contributed by atoms with van der Waals surface area (Å²) >= 11 is 0. The number of carbonyl (C=O) groups excluding carboxylic acids is 1. The first-order chi connectivity index (χ1) is 15.6. The minimum absolute atomic E-state index is 0.144. The number of H-pyrrole nitrogens is 1. The summed E-state index contributed by atoms with van der Waals surface area (Å²) in [6.45, 7) is 10.0. The Morgan fingerprint density at radius 2 is 2.03 bits per heavy atom. The number of alkyl carbamates (subject to hydrolysis) is 1. The maximum atomic E-state index is 13.2. The van der Waals surface area contributed by atoms with Gasteiger partial charge in [-0.2, -0.15) is 5.10 Å². The van der Waals surface area contributed by atoms with Gasteiger partial charge in [0, 0.05) is 18.8 Å². The molecule has 2 N–H and O–H groups in total. The quantitative estimate of drug-likeness (QED) is 0.457. The summed E-state index contributed by atoms with van der Waals surface area (Å²) in [6.07, 6.45) is 7.75. The second-order valence-electron chi connectivity index (χ2n) is 8.86. The van der Waals surface area contributed by atoms with Crippen molar-refractivity contribution in [1.29, 1.82) is 0 Å². The topological polar surface area (TPSA) is 137 Å². The highest BCUT2D eigenvalue weighted by Crippen LogP contribution is 2.21. The molecule has 0 aliphatic rings. The van der Waals surface area contributed by atoms with E-state index in [0.29, 0.717) is 35.9 Å². The fourth-order valence-electron chi connectivity index (χ4n) is 3.38. The first-order valence-electron chi connectivity index (χ1n) is 10.6. The third-order valence-electron chi connectivity index (χ3n) is 4.76. The van der Waals surface area contributed by atoms with E-state index in [1.807, 2.05) is 34.6 Å². The smallest absolute Gasteiger partial charge is 0.407 e. The van der Waals surface area contributed by atoms with Crippen molar-refractivity contribution in [3.05, 3.63) is 41.5 Å². The fraction of sp³-hybridized carbons (Fsp3) is 0.429. The van der Waals surface area contributed by atoms with Gasteiger partial charge in [-0.3, -0.25) is 14.0 Å². The Kier molecular flexibility index (Phi) is 5.75. The van der Waals surface area contributed by atoms with Crippen LogP contribution in [-0.4, -0.2) is 57.2 Å².